The van der Waals surface area contributed by atoms with E-state index in [1.54, 1.807) is 62.6 Å². The van der Waals surface area contributed by atoms with Crippen molar-refractivity contribution in [2.24, 2.45) is 0 Å². The van der Waals surface area contributed by atoms with E-state index in [-0.39, 0.29) is 5.91 Å². The Bertz CT molecular complexity index is 670. The lowest BCUT2D eigenvalue weighted by molar-refractivity contribution is -0.122. The van der Waals surface area contributed by atoms with E-state index in [9.17, 15) is 4.79 Å². The van der Waals surface area contributed by atoms with Crippen LogP contribution in [-0.2, 0) is 9.53 Å². The van der Waals surface area contributed by atoms with E-state index in [1.807, 2.05) is 6.92 Å². The molecule has 1 N–H and O–H groups in total. The number of methoxy groups -OCH3 is 1. The number of benzene rings is 2. The van der Waals surface area contributed by atoms with Crippen molar-refractivity contribution in [1.82, 2.24) is 0 Å². The lowest BCUT2D eigenvalue weighted by atomic mass is 10.2. The van der Waals surface area contributed by atoms with Crippen LogP contribution in [0, 0.1) is 0 Å². The summed E-state index contributed by atoms with van der Waals surface area (Å²) in [7, 11) is 1.60. The summed E-state index contributed by atoms with van der Waals surface area (Å²) in [6.07, 6.45) is -0.634. The number of amides is 1. The number of carbonyl (C=O) groups is 1. The third kappa shape index (κ3) is 6.29. The number of rotatable bonds is 10. The molecule has 140 valence electrons. The number of hydrogen-bond acceptors (Lipinski definition) is 5. The van der Waals surface area contributed by atoms with Crippen molar-refractivity contribution in [2.75, 3.05) is 32.2 Å². The zero-order chi connectivity index (χ0) is 18.8. The molecule has 0 aliphatic heterocycles. The predicted molar refractivity (Wildman–Crippen MR) is 100 cm³/mol. The fraction of sp³-hybridized carbons (Fsp3) is 0.350. The Kier molecular flexibility index (Phi) is 7.76. The van der Waals surface area contributed by atoms with Gasteiger partial charge in [-0.3, -0.25) is 4.79 Å². The van der Waals surface area contributed by atoms with Gasteiger partial charge in [0.05, 0.1) is 13.7 Å². The summed E-state index contributed by atoms with van der Waals surface area (Å²) in [6, 6.07) is 14.3. The van der Waals surface area contributed by atoms with Crippen molar-refractivity contribution in [2.45, 2.75) is 20.0 Å². The Morgan fingerprint density at radius 2 is 1.58 bits per heavy atom. The summed E-state index contributed by atoms with van der Waals surface area (Å²) in [4.78, 5) is 12.3. The highest BCUT2D eigenvalue weighted by atomic mass is 16.5. The molecule has 0 spiro atoms. The second-order valence-electron chi connectivity index (χ2n) is 5.49. The van der Waals surface area contributed by atoms with E-state index >= 15 is 0 Å². The molecular formula is C20H25NO5. The first-order valence-electron chi connectivity index (χ1n) is 8.54. The first kappa shape index (κ1) is 19.6. The van der Waals surface area contributed by atoms with Gasteiger partial charge in [-0.1, -0.05) is 0 Å². The van der Waals surface area contributed by atoms with Crippen molar-refractivity contribution in [3.05, 3.63) is 48.5 Å². The number of anilines is 1. The predicted octanol–water partition coefficient (Wildman–Crippen LogP) is 3.52. The van der Waals surface area contributed by atoms with Crippen molar-refractivity contribution >= 4 is 11.6 Å². The zero-order valence-corrected chi connectivity index (χ0v) is 15.4. The monoisotopic (exact) mass is 359 g/mol. The van der Waals surface area contributed by atoms with Gasteiger partial charge in [-0.25, -0.2) is 0 Å². The molecule has 1 amide bonds. The van der Waals surface area contributed by atoms with Crippen molar-refractivity contribution in [3.8, 4) is 17.2 Å². The Balaban J connectivity index is 1.81. The minimum Gasteiger partial charge on any atom is -0.497 e. The SMILES string of the molecule is CCOCCOc1ccc(NC(=O)C(C)Oc2ccc(OC)cc2)cc1. The standard InChI is InChI=1S/C20H25NO5/c1-4-24-13-14-25-18-7-5-16(6-8-18)21-20(22)15(2)26-19-11-9-17(23-3)10-12-19/h5-12,15H,4,13-14H2,1-3H3,(H,21,22). The highest BCUT2D eigenvalue weighted by molar-refractivity contribution is 5.94. The van der Waals surface area contributed by atoms with Crippen LogP contribution in [0.4, 0.5) is 5.69 Å². The number of hydrogen-bond donors (Lipinski definition) is 1. The molecule has 0 aromatic heterocycles. The first-order chi connectivity index (χ1) is 12.6. The van der Waals surface area contributed by atoms with Crippen LogP contribution in [0.25, 0.3) is 0 Å². The van der Waals surface area contributed by atoms with E-state index < -0.39 is 6.10 Å². The molecule has 26 heavy (non-hydrogen) atoms. The van der Waals surface area contributed by atoms with Crippen LogP contribution in [0.1, 0.15) is 13.8 Å². The van der Waals surface area contributed by atoms with Crippen LogP contribution in [0.2, 0.25) is 0 Å². The second kappa shape index (κ2) is 10.3. The van der Waals surface area contributed by atoms with Gasteiger partial charge in [0.1, 0.15) is 23.9 Å². The molecule has 2 rings (SSSR count). The average Bonchev–Trinajstić information content (AvgIpc) is 2.67. The zero-order valence-electron chi connectivity index (χ0n) is 15.4. The summed E-state index contributed by atoms with van der Waals surface area (Å²) in [5.74, 6) is 1.83. The highest BCUT2D eigenvalue weighted by Gasteiger charge is 2.15. The van der Waals surface area contributed by atoms with Gasteiger partial charge in [0.25, 0.3) is 5.91 Å². The number of nitrogens with one attached hydrogen (secondary N) is 1. The lowest BCUT2D eigenvalue weighted by Crippen LogP contribution is -2.30. The quantitative estimate of drug-likeness (QED) is 0.658. The minimum absolute atomic E-state index is 0.231. The minimum atomic E-state index is -0.634. The van der Waals surface area contributed by atoms with Gasteiger partial charge in [0.15, 0.2) is 6.10 Å². The Hall–Kier alpha value is -2.73. The molecule has 0 heterocycles. The molecule has 2 aromatic rings. The van der Waals surface area contributed by atoms with Crippen LogP contribution >= 0.6 is 0 Å². The molecule has 0 saturated heterocycles. The molecule has 0 bridgehead atoms. The van der Waals surface area contributed by atoms with Gasteiger partial charge >= 0.3 is 0 Å². The van der Waals surface area contributed by atoms with E-state index in [0.717, 1.165) is 11.5 Å². The van der Waals surface area contributed by atoms with Crippen molar-refractivity contribution in [1.29, 1.82) is 0 Å². The highest BCUT2D eigenvalue weighted by Crippen LogP contribution is 2.19. The first-order valence-corrected chi connectivity index (χ1v) is 8.54. The maximum Gasteiger partial charge on any atom is 0.265 e. The maximum absolute atomic E-state index is 12.3. The van der Waals surface area contributed by atoms with Gasteiger partial charge in [0.2, 0.25) is 0 Å². The molecule has 0 radical (unpaired) electrons. The molecule has 1 unspecified atom stereocenters. The van der Waals surface area contributed by atoms with Crippen LogP contribution < -0.4 is 19.5 Å². The molecule has 0 aliphatic carbocycles. The summed E-state index contributed by atoms with van der Waals surface area (Å²) in [5.41, 5.74) is 0.678. The maximum atomic E-state index is 12.3. The third-order valence-electron chi connectivity index (χ3n) is 3.56. The van der Waals surface area contributed by atoms with Gasteiger partial charge in [0, 0.05) is 12.3 Å². The van der Waals surface area contributed by atoms with Crippen molar-refractivity contribution < 1.29 is 23.7 Å². The van der Waals surface area contributed by atoms with Gasteiger partial charge < -0.3 is 24.3 Å². The van der Waals surface area contributed by atoms with E-state index in [1.165, 1.54) is 0 Å². The smallest absolute Gasteiger partial charge is 0.265 e. The van der Waals surface area contributed by atoms with E-state index in [2.05, 4.69) is 5.32 Å². The van der Waals surface area contributed by atoms with Gasteiger partial charge in [-0.05, 0) is 62.4 Å². The van der Waals surface area contributed by atoms with Crippen LogP contribution in [0.15, 0.2) is 48.5 Å². The molecule has 0 aliphatic rings. The van der Waals surface area contributed by atoms with Crippen molar-refractivity contribution in [3.63, 3.8) is 0 Å². The summed E-state index contributed by atoms with van der Waals surface area (Å²) in [6.45, 7) is 5.36. The average molecular weight is 359 g/mol. The Morgan fingerprint density at radius 1 is 0.962 bits per heavy atom. The normalized spacial score (nSPS) is 11.5. The van der Waals surface area contributed by atoms with E-state index in [0.29, 0.717) is 31.3 Å². The fourth-order valence-corrected chi connectivity index (χ4v) is 2.15. The Labute approximate surface area is 154 Å². The molecule has 6 heteroatoms. The van der Waals surface area contributed by atoms with Gasteiger partial charge in [-0.2, -0.15) is 0 Å². The topological polar surface area (TPSA) is 66.0 Å². The molecule has 6 nitrogen and oxygen atoms in total. The van der Waals surface area contributed by atoms with Crippen LogP contribution in [0.5, 0.6) is 17.2 Å². The van der Waals surface area contributed by atoms with Crippen LogP contribution in [0.3, 0.4) is 0 Å². The van der Waals surface area contributed by atoms with Crippen LogP contribution in [-0.4, -0.2) is 38.9 Å². The summed E-state index contributed by atoms with van der Waals surface area (Å²) >= 11 is 0. The lowest BCUT2D eigenvalue weighted by Gasteiger charge is -2.15. The molecular weight excluding hydrogens is 334 g/mol. The fourth-order valence-electron chi connectivity index (χ4n) is 2.15. The second-order valence-corrected chi connectivity index (χ2v) is 5.49. The van der Waals surface area contributed by atoms with Gasteiger partial charge in [-0.15, -0.1) is 0 Å². The molecule has 2 aromatic carbocycles. The molecule has 0 saturated carbocycles. The molecule has 1 atom stereocenters. The Morgan fingerprint density at radius 3 is 2.19 bits per heavy atom. The summed E-state index contributed by atoms with van der Waals surface area (Å²) in [5, 5.41) is 2.82. The third-order valence-corrected chi connectivity index (χ3v) is 3.56. The number of ether oxygens (including phenoxy) is 4. The molecule has 0 fully saturated rings. The van der Waals surface area contributed by atoms with E-state index in [4.69, 9.17) is 18.9 Å². The largest absolute Gasteiger partial charge is 0.497 e. The summed E-state index contributed by atoms with van der Waals surface area (Å²) < 4.78 is 21.5. The number of carbonyl (C=O) groups excluding carboxylic acids is 1.